The molecule has 0 saturated heterocycles. The van der Waals surface area contributed by atoms with Crippen molar-refractivity contribution in [1.29, 1.82) is 0 Å². The molecule has 0 aliphatic carbocycles. The molecular weight excluding hydrogens is 217 g/mol. The quantitative estimate of drug-likeness (QED) is 0.789. The van der Waals surface area contributed by atoms with E-state index >= 15 is 0 Å². The third-order valence-corrected chi connectivity index (χ3v) is 2.64. The summed E-state index contributed by atoms with van der Waals surface area (Å²) in [5, 5.41) is 0. The highest BCUT2D eigenvalue weighted by molar-refractivity contribution is 5.71. The van der Waals surface area contributed by atoms with Gasteiger partial charge in [0.2, 0.25) is 0 Å². The van der Waals surface area contributed by atoms with E-state index in [1.54, 1.807) is 13.2 Å². The molecule has 0 unspecified atom stereocenters. The number of benzene rings is 1. The van der Waals surface area contributed by atoms with Crippen molar-refractivity contribution in [3.8, 4) is 16.9 Å². The van der Waals surface area contributed by atoms with Crippen LogP contribution in [0.2, 0.25) is 0 Å². The first-order valence-corrected chi connectivity index (χ1v) is 5.39. The SMILES string of the molecule is COc1cc(C)ccc1-c1cc(C)ncc1F. The number of nitrogens with zero attached hydrogens (tertiary/aromatic N) is 1. The van der Waals surface area contributed by atoms with Crippen molar-refractivity contribution in [2.75, 3.05) is 7.11 Å². The lowest BCUT2D eigenvalue weighted by molar-refractivity contribution is 0.416. The van der Waals surface area contributed by atoms with Crippen molar-refractivity contribution >= 4 is 0 Å². The topological polar surface area (TPSA) is 22.1 Å². The van der Waals surface area contributed by atoms with E-state index in [4.69, 9.17) is 4.74 Å². The third-order valence-electron chi connectivity index (χ3n) is 2.64. The molecule has 0 bridgehead atoms. The van der Waals surface area contributed by atoms with Crippen molar-refractivity contribution in [2.24, 2.45) is 0 Å². The average molecular weight is 231 g/mol. The molecule has 1 aromatic carbocycles. The van der Waals surface area contributed by atoms with E-state index in [1.807, 2.05) is 32.0 Å². The van der Waals surface area contributed by atoms with E-state index in [0.717, 1.165) is 16.8 Å². The Morgan fingerprint density at radius 1 is 1.12 bits per heavy atom. The summed E-state index contributed by atoms with van der Waals surface area (Å²) in [7, 11) is 1.59. The second-order valence-corrected chi connectivity index (χ2v) is 4.01. The normalized spacial score (nSPS) is 10.4. The molecule has 0 saturated carbocycles. The molecule has 0 atom stereocenters. The number of pyridine rings is 1. The Kier molecular flexibility index (Phi) is 3.09. The molecule has 17 heavy (non-hydrogen) atoms. The number of aromatic nitrogens is 1. The van der Waals surface area contributed by atoms with E-state index in [-0.39, 0.29) is 5.82 Å². The van der Waals surface area contributed by atoms with Gasteiger partial charge in [0.1, 0.15) is 11.6 Å². The molecule has 1 heterocycles. The van der Waals surface area contributed by atoms with Crippen molar-refractivity contribution in [1.82, 2.24) is 4.98 Å². The second-order valence-electron chi connectivity index (χ2n) is 4.01. The summed E-state index contributed by atoms with van der Waals surface area (Å²) in [6.07, 6.45) is 1.24. The van der Waals surface area contributed by atoms with E-state index in [2.05, 4.69) is 4.98 Å². The number of hydrogen-bond donors (Lipinski definition) is 0. The van der Waals surface area contributed by atoms with Gasteiger partial charge in [0.05, 0.1) is 13.3 Å². The average Bonchev–Trinajstić information content (AvgIpc) is 2.32. The number of rotatable bonds is 2. The Morgan fingerprint density at radius 2 is 1.88 bits per heavy atom. The molecule has 3 heteroatoms. The molecule has 88 valence electrons. The maximum absolute atomic E-state index is 13.8. The van der Waals surface area contributed by atoms with Crippen molar-refractivity contribution in [2.45, 2.75) is 13.8 Å². The Hall–Kier alpha value is -1.90. The maximum Gasteiger partial charge on any atom is 0.149 e. The zero-order chi connectivity index (χ0) is 12.4. The molecular formula is C14H14FNO. The molecule has 0 aliphatic heterocycles. The second kappa shape index (κ2) is 4.53. The van der Waals surface area contributed by atoms with Crippen LogP contribution >= 0.6 is 0 Å². The van der Waals surface area contributed by atoms with Crippen molar-refractivity contribution < 1.29 is 9.13 Å². The van der Waals surface area contributed by atoms with Gasteiger partial charge in [-0.25, -0.2) is 4.39 Å². The summed E-state index contributed by atoms with van der Waals surface area (Å²) in [6, 6.07) is 7.42. The maximum atomic E-state index is 13.8. The first-order chi connectivity index (χ1) is 8.11. The van der Waals surface area contributed by atoms with Gasteiger partial charge in [0.25, 0.3) is 0 Å². The number of ether oxygens (including phenoxy) is 1. The first-order valence-electron chi connectivity index (χ1n) is 5.39. The third kappa shape index (κ3) is 2.28. The van der Waals surface area contributed by atoms with E-state index in [0.29, 0.717) is 11.3 Å². The van der Waals surface area contributed by atoms with Crippen LogP contribution in [0.15, 0.2) is 30.5 Å². The fraction of sp³-hybridized carbons (Fsp3) is 0.214. The van der Waals surface area contributed by atoms with Gasteiger partial charge in [-0.2, -0.15) is 0 Å². The Labute approximate surface area is 100 Å². The van der Waals surface area contributed by atoms with Crippen LogP contribution in [0, 0.1) is 19.7 Å². The van der Waals surface area contributed by atoms with Crippen LogP contribution in [0.4, 0.5) is 4.39 Å². The van der Waals surface area contributed by atoms with E-state index < -0.39 is 0 Å². The van der Waals surface area contributed by atoms with E-state index in [1.165, 1.54) is 6.20 Å². The summed E-state index contributed by atoms with van der Waals surface area (Å²) in [5.74, 6) is 0.340. The van der Waals surface area contributed by atoms with Crippen LogP contribution < -0.4 is 4.74 Å². The molecule has 0 aliphatic rings. The van der Waals surface area contributed by atoms with Gasteiger partial charge < -0.3 is 4.74 Å². The fourth-order valence-corrected chi connectivity index (χ4v) is 1.77. The zero-order valence-corrected chi connectivity index (χ0v) is 10.1. The van der Waals surface area contributed by atoms with Gasteiger partial charge in [-0.05, 0) is 31.5 Å². The number of halogens is 1. The summed E-state index contributed by atoms with van der Waals surface area (Å²) in [5.41, 5.74) is 3.14. The minimum absolute atomic E-state index is 0.335. The standard InChI is InChI=1S/C14H14FNO/c1-9-4-5-11(14(6-9)17-3)12-7-10(2)16-8-13(12)15/h4-8H,1-3H3. The number of hydrogen-bond acceptors (Lipinski definition) is 2. The Morgan fingerprint density at radius 3 is 2.59 bits per heavy atom. The Balaban J connectivity index is 2.63. The molecule has 2 nitrogen and oxygen atoms in total. The van der Waals surface area contributed by atoms with Gasteiger partial charge >= 0.3 is 0 Å². The zero-order valence-electron chi connectivity index (χ0n) is 10.1. The van der Waals surface area contributed by atoms with Gasteiger partial charge in [0.15, 0.2) is 0 Å². The molecule has 0 spiro atoms. The fourth-order valence-electron chi connectivity index (χ4n) is 1.77. The van der Waals surface area contributed by atoms with Crippen LogP contribution in [0.25, 0.3) is 11.1 Å². The summed E-state index contributed by atoms with van der Waals surface area (Å²) >= 11 is 0. The predicted octanol–water partition coefficient (Wildman–Crippen LogP) is 3.51. The lowest BCUT2D eigenvalue weighted by Crippen LogP contribution is -1.93. The van der Waals surface area contributed by atoms with Crippen LogP contribution in [-0.4, -0.2) is 12.1 Å². The van der Waals surface area contributed by atoms with Crippen LogP contribution in [-0.2, 0) is 0 Å². The highest BCUT2D eigenvalue weighted by Gasteiger charge is 2.11. The summed E-state index contributed by atoms with van der Waals surface area (Å²) in [4.78, 5) is 3.92. The van der Waals surface area contributed by atoms with Crippen LogP contribution in [0.3, 0.4) is 0 Å². The molecule has 0 amide bonds. The molecule has 0 radical (unpaired) electrons. The summed E-state index contributed by atoms with van der Waals surface area (Å²) < 4.78 is 19.0. The molecule has 2 rings (SSSR count). The minimum atomic E-state index is -0.335. The van der Waals surface area contributed by atoms with Crippen LogP contribution in [0.5, 0.6) is 5.75 Å². The molecule has 0 N–H and O–H groups in total. The van der Waals surface area contributed by atoms with Gasteiger partial charge in [0, 0.05) is 16.8 Å². The van der Waals surface area contributed by atoms with Crippen molar-refractivity contribution in [3.05, 3.63) is 47.5 Å². The minimum Gasteiger partial charge on any atom is -0.496 e. The highest BCUT2D eigenvalue weighted by atomic mass is 19.1. The number of methoxy groups -OCH3 is 1. The highest BCUT2D eigenvalue weighted by Crippen LogP contribution is 2.32. The van der Waals surface area contributed by atoms with Gasteiger partial charge in [-0.15, -0.1) is 0 Å². The number of aryl methyl sites for hydroxylation is 2. The lowest BCUT2D eigenvalue weighted by atomic mass is 10.0. The van der Waals surface area contributed by atoms with Gasteiger partial charge in [-0.3, -0.25) is 4.98 Å². The van der Waals surface area contributed by atoms with Crippen LogP contribution in [0.1, 0.15) is 11.3 Å². The van der Waals surface area contributed by atoms with Crippen molar-refractivity contribution in [3.63, 3.8) is 0 Å². The van der Waals surface area contributed by atoms with Gasteiger partial charge in [-0.1, -0.05) is 12.1 Å². The predicted molar refractivity (Wildman–Crippen MR) is 65.7 cm³/mol. The molecule has 2 aromatic rings. The first kappa shape index (κ1) is 11.6. The molecule has 1 aromatic heterocycles. The molecule has 0 fully saturated rings. The largest absolute Gasteiger partial charge is 0.496 e. The van der Waals surface area contributed by atoms with E-state index in [9.17, 15) is 4.39 Å². The Bertz CT molecular complexity index is 552. The summed E-state index contributed by atoms with van der Waals surface area (Å²) in [6.45, 7) is 3.81. The lowest BCUT2D eigenvalue weighted by Gasteiger charge is -2.10. The smallest absolute Gasteiger partial charge is 0.149 e. The monoisotopic (exact) mass is 231 g/mol.